The zero-order chi connectivity index (χ0) is 26.2. The van der Waals surface area contributed by atoms with Crippen LogP contribution < -0.4 is 20.5 Å². The molecule has 1 aromatic carbocycles. The third kappa shape index (κ3) is 4.98. The van der Waals surface area contributed by atoms with Gasteiger partial charge in [0.15, 0.2) is 5.17 Å². The standard InChI is InChI=1S/C24H17F3N6O3S/c1-13-19(22(35)32-31-21(34)14-7-10-28-11-8-14)20(16-4-2-3-9-29-16)33-17-6-5-15(36-24(25,26)27)12-18(17)37-23(33)30-13/h2-12,20H,1H3,(H,31,34)(H,32,35). The SMILES string of the molecule is CC1=C(C(=O)NNC(=O)c2ccncc2)C(c2ccccn2)N2C(=N1)Sc1cc(OC(F)(F)F)ccc12. The molecule has 2 N–H and O–H groups in total. The summed E-state index contributed by atoms with van der Waals surface area (Å²) in [5, 5.41) is 0.463. The van der Waals surface area contributed by atoms with Crippen molar-refractivity contribution >= 4 is 34.4 Å². The van der Waals surface area contributed by atoms with Gasteiger partial charge in [0.25, 0.3) is 11.8 Å². The number of aliphatic imine (C=N–C) groups is 1. The maximum atomic E-state index is 13.4. The average Bonchev–Trinajstić information content (AvgIpc) is 3.23. The molecule has 0 radical (unpaired) electrons. The highest BCUT2D eigenvalue weighted by Gasteiger charge is 2.42. The second-order valence-electron chi connectivity index (χ2n) is 7.84. The molecule has 0 fully saturated rings. The van der Waals surface area contributed by atoms with Crippen LogP contribution in [0, 0.1) is 0 Å². The number of carbonyl (C=O) groups excluding carboxylic acids is 2. The molecule has 2 aliphatic rings. The number of thioether (sulfide) groups is 1. The molecule has 2 aliphatic heterocycles. The molecule has 1 atom stereocenters. The predicted octanol–water partition coefficient (Wildman–Crippen LogP) is 4.13. The Morgan fingerprint density at radius 3 is 2.49 bits per heavy atom. The van der Waals surface area contributed by atoms with Gasteiger partial charge in [-0.25, -0.2) is 4.99 Å². The summed E-state index contributed by atoms with van der Waals surface area (Å²) >= 11 is 1.15. The lowest BCUT2D eigenvalue weighted by Gasteiger charge is -2.34. The number of alkyl halides is 3. The summed E-state index contributed by atoms with van der Waals surface area (Å²) in [6.07, 6.45) is -0.360. The van der Waals surface area contributed by atoms with Gasteiger partial charge in [0.05, 0.1) is 22.7 Å². The number of hydrogen-bond acceptors (Lipinski definition) is 8. The van der Waals surface area contributed by atoms with Gasteiger partial charge in [-0.3, -0.25) is 30.4 Å². The number of hydrazine groups is 1. The number of ether oxygens (including phenoxy) is 1. The van der Waals surface area contributed by atoms with Crippen LogP contribution in [0.2, 0.25) is 0 Å². The first-order valence-corrected chi connectivity index (χ1v) is 11.6. The van der Waals surface area contributed by atoms with Crippen molar-refractivity contribution in [3.05, 3.63) is 89.6 Å². The highest BCUT2D eigenvalue weighted by molar-refractivity contribution is 8.14. The van der Waals surface area contributed by atoms with E-state index in [0.29, 0.717) is 32.7 Å². The summed E-state index contributed by atoms with van der Waals surface area (Å²) in [7, 11) is 0. The normalized spacial score (nSPS) is 16.5. The minimum Gasteiger partial charge on any atom is -0.406 e. The third-order valence-corrected chi connectivity index (χ3v) is 6.48. The Balaban J connectivity index is 1.48. The fraction of sp³-hybridized carbons (Fsp3) is 0.125. The zero-order valence-corrected chi connectivity index (χ0v) is 19.8. The number of amides is 2. The fourth-order valence-corrected chi connectivity index (χ4v) is 5.07. The van der Waals surface area contributed by atoms with Crippen LogP contribution in [0.15, 0.2) is 88.3 Å². The average molecular weight is 527 g/mol. The molecule has 5 rings (SSSR count). The summed E-state index contributed by atoms with van der Waals surface area (Å²) in [6.45, 7) is 1.64. The molecule has 0 aliphatic carbocycles. The van der Waals surface area contributed by atoms with E-state index in [1.165, 1.54) is 42.7 Å². The van der Waals surface area contributed by atoms with E-state index in [1.807, 2.05) is 0 Å². The van der Waals surface area contributed by atoms with Crippen LogP contribution in [0.25, 0.3) is 0 Å². The van der Waals surface area contributed by atoms with Crippen LogP contribution in [0.3, 0.4) is 0 Å². The minimum absolute atomic E-state index is 0.210. The van der Waals surface area contributed by atoms with Gasteiger partial charge in [-0.05, 0) is 61.2 Å². The summed E-state index contributed by atoms with van der Waals surface area (Å²) in [6, 6.07) is 11.4. The van der Waals surface area contributed by atoms with E-state index in [4.69, 9.17) is 0 Å². The van der Waals surface area contributed by atoms with Crippen molar-refractivity contribution in [2.24, 2.45) is 4.99 Å². The first kappa shape index (κ1) is 24.3. The molecular weight excluding hydrogens is 509 g/mol. The van der Waals surface area contributed by atoms with Crippen LogP contribution in [-0.2, 0) is 4.79 Å². The van der Waals surface area contributed by atoms with E-state index >= 15 is 0 Å². The lowest BCUT2D eigenvalue weighted by molar-refractivity contribution is -0.274. The molecule has 0 bridgehead atoms. The number of benzene rings is 1. The molecule has 37 heavy (non-hydrogen) atoms. The van der Waals surface area contributed by atoms with Crippen molar-refractivity contribution in [3.8, 4) is 5.75 Å². The number of nitrogens with zero attached hydrogens (tertiary/aromatic N) is 4. The quantitative estimate of drug-likeness (QED) is 0.492. The summed E-state index contributed by atoms with van der Waals surface area (Å²) in [4.78, 5) is 40.8. The van der Waals surface area contributed by atoms with Gasteiger partial charge in [-0.1, -0.05) is 6.07 Å². The Kier molecular flexibility index (Phi) is 6.29. The molecule has 4 heterocycles. The number of fused-ring (bicyclic) bond motifs is 3. The number of aromatic nitrogens is 2. The van der Waals surface area contributed by atoms with Crippen molar-refractivity contribution in [3.63, 3.8) is 0 Å². The monoisotopic (exact) mass is 526 g/mol. The van der Waals surface area contributed by atoms with Crippen LogP contribution in [-0.4, -0.2) is 33.3 Å². The van der Waals surface area contributed by atoms with E-state index in [1.54, 1.807) is 36.2 Å². The van der Waals surface area contributed by atoms with Crippen molar-refractivity contribution in [1.29, 1.82) is 0 Å². The van der Waals surface area contributed by atoms with Gasteiger partial charge in [0, 0.05) is 29.0 Å². The van der Waals surface area contributed by atoms with E-state index < -0.39 is 24.2 Å². The van der Waals surface area contributed by atoms with Gasteiger partial charge < -0.3 is 9.64 Å². The first-order chi connectivity index (χ1) is 17.7. The Bertz CT molecular complexity index is 1430. The van der Waals surface area contributed by atoms with E-state index in [2.05, 4.69) is 30.5 Å². The number of hydrogen-bond donors (Lipinski definition) is 2. The van der Waals surface area contributed by atoms with Crippen LogP contribution >= 0.6 is 11.8 Å². The Morgan fingerprint density at radius 1 is 1.03 bits per heavy atom. The number of rotatable bonds is 4. The second-order valence-corrected chi connectivity index (χ2v) is 8.85. The van der Waals surface area contributed by atoms with Crippen LogP contribution in [0.1, 0.15) is 29.0 Å². The first-order valence-electron chi connectivity index (χ1n) is 10.8. The predicted molar refractivity (Wildman–Crippen MR) is 128 cm³/mol. The number of allylic oxidation sites excluding steroid dienone is 1. The summed E-state index contributed by atoms with van der Waals surface area (Å²) in [5.41, 5.74) is 6.72. The van der Waals surface area contributed by atoms with Gasteiger partial charge in [0.1, 0.15) is 11.8 Å². The smallest absolute Gasteiger partial charge is 0.406 e. The van der Waals surface area contributed by atoms with Gasteiger partial charge in [0.2, 0.25) is 0 Å². The van der Waals surface area contributed by atoms with Crippen LogP contribution in [0.4, 0.5) is 18.9 Å². The molecule has 2 aromatic heterocycles. The molecule has 0 saturated carbocycles. The largest absolute Gasteiger partial charge is 0.573 e. The van der Waals surface area contributed by atoms with Crippen molar-refractivity contribution in [2.75, 3.05) is 4.90 Å². The molecule has 13 heteroatoms. The van der Waals surface area contributed by atoms with Gasteiger partial charge in [-0.15, -0.1) is 13.2 Å². The van der Waals surface area contributed by atoms with E-state index in [9.17, 15) is 22.8 Å². The molecule has 0 saturated heterocycles. The second kappa shape index (κ2) is 9.58. The number of amidine groups is 1. The third-order valence-electron chi connectivity index (χ3n) is 5.46. The number of anilines is 1. The highest BCUT2D eigenvalue weighted by atomic mass is 32.2. The van der Waals surface area contributed by atoms with E-state index in [-0.39, 0.29) is 11.3 Å². The molecule has 9 nitrogen and oxygen atoms in total. The van der Waals surface area contributed by atoms with Gasteiger partial charge in [-0.2, -0.15) is 0 Å². The highest BCUT2D eigenvalue weighted by Crippen LogP contribution is 2.50. The van der Waals surface area contributed by atoms with Crippen LogP contribution in [0.5, 0.6) is 5.75 Å². The number of pyridine rings is 2. The maximum Gasteiger partial charge on any atom is 0.573 e. The molecule has 188 valence electrons. The molecule has 1 unspecified atom stereocenters. The maximum absolute atomic E-state index is 13.4. The summed E-state index contributed by atoms with van der Waals surface area (Å²) in [5.74, 6) is -1.52. The van der Waals surface area contributed by atoms with Gasteiger partial charge >= 0.3 is 6.36 Å². The topological polar surface area (TPSA) is 109 Å². The molecule has 0 spiro atoms. The Labute approximate surface area is 212 Å². The Hall–Kier alpha value is -4.39. The van der Waals surface area contributed by atoms with E-state index in [0.717, 1.165) is 11.8 Å². The molecule has 2 amide bonds. The number of carbonyl (C=O) groups is 2. The minimum atomic E-state index is -4.83. The molecular formula is C24H17F3N6O3S. The van der Waals surface area contributed by atoms with Crippen molar-refractivity contribution in [1.82, 2.24) is 20.8 Å². The fourth-order valence-electron chi connectivity index (χ4n) is 3.94. The Morgan fingerprint density at radius 2 is 1.78 bits per heavy atom. The molecule has 3 aromatic rings. The van der Waals surface area contributed by atoms with Crippen molar-refractivity contribution in [2.45, 2.75) is 24.2 Å². The summed E-state index contributed by atoms with van der Waals surface area (Å²) < 4.78 is 42.3. The van der Waals surface area contributed by atoms with Crippen molar-refractivity contribution < 1.29 is 27.5 Å². The number of nitrogens with one attached hydrogen (secondary N) is 2. The zero-order valence-electron chi connectivity index (χ0n) is 19.0. The lowest BCUT2D eigenvalue weighted by atomic mass is 9.97. The number of halogens is 3. The lowest BCUT2D eigenvalue weighted by Crippen LogP contribution is -2.46.